The Morgan fingerprint density at radius 2 is 2.06 bits per heavy atom. The molecule has 2 N–H and O–H groups in total. The minimum Gasteiger partial charge on any atom is -0.479 e. The lowest BCUT2D eigenvalue weighted by atomic mass is 10.1. The van der Waals surface area contributed by atoms with E-state index in [1.807, 2.05) is 31.2 Å². The minimum atomic E-state index is -0.927. The zero-order chi connectivity index (χ0) is 13.1. The van der Waals surface area contributed by atoms with Crippen LogP contribution in [0.15, 0.2) is 36.7 Å². The molecule has 0 amide bonds. The van der Waals surface area contributed by atoms with E-state index in [1.54, 1.807) is 24.1 Å². The van der Waals surface area contributed by atoms with Crippen molar-refractivity contribution >= 4 is 11.7 Å². The summed E-state index contributed by atoms with van der Waals surface area (Å²) in [5.74, 6) is -0.927. The average molecular weight is 245 g/mol. The highest BCUT2D eigenvalue weighted by molar-refractivity contribution is 5.79. The summed E-state index contributed by atoms with van der Waals surface area (Å²) in [4.78, 5) is 11.3. The van der Waals surface area contributed by atoms with E-state index in [2.05, 4.69) is 10.4 Å². The van der Waals surface area contributed by atoms with Gasteiger partial charge in [0.05, 0.1) is 6.20 Å². The second-order valence-corrected chi connectivity index (χ2v) is 4.23. The van der Waals surface area contributed by atoms with Crippen LogP contribution >= 0.6 is 0 Å². The fraction of sp³-hybridized carbons (Fsp3) is 0.231. The number of benzene rings is 1. The summed E-state index contributed by atoms with van der Waals surface area (Å²) in [6.07, 6.45) is 3.25. The first-order valence-corrected chi connectivity index (χ1v) is 5.61. The van der Waals surface area contributed by atoms with Gasteiger partial charge in [-0.25, -0.2) is 4.79 Å². The van der Waals surface area contributed by atoms with Gasteiger partial charge >= 0.3 is 5.97 Å². The van der Waals surface area contributed by atoms with Gasteiger partial charge in [-0.1, -0.05) is 17.7 Å². The van der Waals surface area contributed by atoms with Gasteiger partial charge in [0, 0.05) is 24.5 Å². The number of carboxylic acid groups (broad SMARTS) is 1. The maximum absolute atomic E-state index is 11.3. The van der Waals surface area contributed by atoms with E-state index in [-0.39, 0.29) is 0 Å². The molecule has 94 valence electrons. The Labute approximate surface area is 105 Å². The number of hydrogen-bond acceptors (Lipinski definition) is 3. The molecule has 1 aromatic carbocycles. The first kappa shape index (κ1) is 12.2. The van der Waals surface area contributed by atoms with Crippen LogP contribution in [0.4, 0.5) is 5.69 Å². The molecule has 18 heavy (non-hydrogen) atoms. The summed E-state index contributed by atoms with van der Waals surface area (Å²) in [5.41, 5.74) is 2.54. The number of rotatable bonds is 4. The third kappa shape index (κ3) is 2.68. The van der Waals surface area contributed by atoms with Crippen molar-refractivity contribution in [3.8, 4) is 0 Å². The van der Waals surface area contributed by atoms with Crippen molar-refractivity contribution in [3.05, 3.63) is 47.8 Å². The lowest BCUT2D eigenvalue weighted by molar-refractivity contribution is -0.138. The van der Waals surface area contributed by atoms with Gasteiger partial charge in [0.1, 0.15) is 0 Å². The number of hydrogen-bond donors (Lipinski definition) is 2. The van der Waals surface area contributed by atoms with Gasteiger partial charge in [-0.3, -0.25) is 4.68 Å². The molecule has 1 aromatic heterocycles. The van der Waals surface area contributed by atoms with Crippen molar-refractivity contribution < 1.29 is 9.90 Å². The fourth-order valence-corrected chi connectivity index (χ4v) is 1.69. The van der Waals surface area contributed by atoms with Crippen LogP contribution in [0.3, 0.4) is 0 Å². The summed E-state index contributed by atoms with van der Waals surface area (Å²) in [5, 5.41) is 16.2. The second-order valence-electron chi connectivity index (χ2n) is 4.23. The average Bonchev–Trinajstić information content (AvgIpc) is 2.74. The van der Waals surface area contributed by atoms with E-state index in [9.17, 15) is 9.90 Å². The van der Waals surface area contributed by atoms with Gasteiger partial charge in [0.2, 0.25) is 0 Å². The van der Waals surface area contributed by atoms with Gasteiger partial charge in [-0.15, -0.1) is 0 Å². The molecule has 2 rings (SSSR count). The van der Waals surface area contributed by atoms with Crippen LogP contribution in [0.25, 0.3) is 0 Å². The van der Waals surface area contributed by atoms with Crippen LogP contribution in [0, 0.1) is 6.92 Å². The number of nitrogens with one attached hydrogen (secondary N) is 1. The van der Waals surface area contributed by atoms with E-state index in [0.29, 0.717) is 5.56 Å². The Bertz CT molecular complexity index is 546. The highest BCUT2D eigenvalue weighted by Crippen LogP contribution is 2.19. The molecule has 5 nitrogen and oxygen atoms in total. The molecule has 2 aromatic rings. The lowest BCUT2D eigenvalue weighted by Gasteiger charge is -2.14. The smallest absolute Gasteiger partial charge is 0.330 e. The molecule has 0 fully saturated rings. The SMILES string of the molecule is Cc1ccc(NC(C(=O)O)c2cnn(C)c2)cc1. The largest absolute Gasteiger partial charge is 0.479 e. The minimum absolute atomic E-state index is 0.630. The monoisotopic (exact) mass is 245 g/mol. The summed E-state index contributed by atoms with van der Waals surface area (Å²) in [6, 6.07) is 6.81. The molecular formula is C13H15N3O2. The Kier molecular flexibility index (Phi) is 3.32. The highest BCUT2D eigenvalue weighted by atomic mass is 16.4. The Morgan fingerprint density at radius 3 is 2.56 bits per heavy atom. The van der Waals surface area contributed by atoms with Crippen LogP contribution < -0.4 is 5.32 Å². The van der Waals surface area contributed by atoms with Crippen LogP contribution in [0.5, 0.6) is 0 Å². The van der Waals surface area contributed by atoms with Gasteiger partial charge < -0.3 is 10.4 Å². The van der Waals surface area contributed by atoms with Gasteiger partial charge in [0.25, 0.3) is 0 Å². The first-order chi connectivity index (χ1) is 8.56. The van der Waals surface area contributed by atoms with Crippen LogP contribution in [0.1, 0.15) is 17.2 Å². The van der Waals surface area contributed by atoms with E-state index in [4.69, 9.17) is 0 Å². The number of aliphatic carboxylic acids is 1. The summed E-state index contributed by atoms with van der Waals surface area (Å²) < 4.78 is 1.59. The number of aromatic nitrogens is 2. The molecule has 0 radical (unpaired) electrons. The third-order valence-corrected chi connectivity index (χ3v) is 2.67. The van der Waals surface area contributed by atoms with Crippen LogP contribution in [-0.2, 0) is 11.8 Å². The van der Waals surface area contributed by atoms with Gasteiger partial charge in [-0.05, 0) is 19.1 Å². The molecule has 0 aliphatic rings. The quantitative estimate of drug-likeness (QED) is 0.864. The van der Waals surface area contributed by atoms with Crippen LogP contribution in [-0.4, -0.2) is 20.9 Å². The van der Waals surface area contributed by atoms with Gasteiger partial charge in [0.15, 0.2) is 6.04 Å². The maximum atomic E-state index is 11.3. The molecule has 0 saturated carbocycles. The topological polar surface area (TPSA) is 67.2 Å². The Hall–Kier alpha value is -2.30. The van der Waals surface area contributed by atoms with Crippen molar-refractivity contribution in [1.82, 2.24) is 9.78 Å². The number of carbonyl (C=O) groups is 1. The molecule has 1 unspecified atom stereocenters. The Morgan fingerprint density at radius 1 is 1.39 bits per heavy atom. The molecule has 1 atom stereocenters. The molecule has 0 aliphatic heterocycles. The zero-order valence-corrected chi connectivity index (χ0v) is 10.3. The number of aryl methyl sites for hydroxylation is 2. The van der Waals surface area contributed by atoms with E-state index < -0.39 is 12.0 Å². The number of carboxylic acids is 1. The molecular weight excluding hydrogens is 230 g/mol. The summed E-state index contributed by atoms with van der Waals surface area (Å²) in [7, 11) is 1.76. The Balaban J connectivity index is 2.22. The van der Waals surface area contributed by atoms with Crippen molar-refractivity contribution in [1.29, 1.82) is 0 Å². The standard InChI is InChI=1S/C13H15N3O2/c1-9-3-5-11(6-4-9)15-12(13(17)18)10-7-14-16(2)8-10/h3-8,12,15H,1-2H3,(H,17,18). The van der Waals surface area contributed by atoms with Crippen molar-refractivity contribution in [2.45, 2.75) is 13.0 Å². The third-order valence-electron chi connectivity index (χ3n) is 2.67. The normalized spacial score (nSPS) is 12.1. The summed E-state index contributed by atoms with van der Waals surface area (Å²) >= 11 is 0. The van der Waals surface area contributed by atoms with Crippen molar-refractivity contribution in [2.75, 3.05) is 5.32 Å². The molecule has 5 heteroatoms. The molecule has 0 aliphatic carbocycles. The number of nitrogens with zero attached hydrogens (tertiary/aromatic N) is 2. The molecule has 0 saturated heterocycles. The van der Waals surface area contributed by atoms with E-state index in [1.165, 1.54) is 0 Å². The zero-order valence-electron chi connectivity index (χ0n) is 10.3. The van der Waals surface area contributed by atoms with Gasteiger partial charge in [-0.2, -0.15) is 5.10 Å². The molecule has 0 spiro atoms. The second kappa shape index (κ2) is 4.91. The predicted molar refractivity (Wildman–Crippen MR) is 68.4 cm³/mol. The lowest BCUT2D eigenvalue weighted by Crippen LogP contribution is -2.20. The maximum Gasteiger partial charge on any atom is 0.330 e. The fourth-order valence-electron chi connectivity index (χ4n) is 1.69. The van der Waals surface area contributed by atoms with E-state index in [0.717, 1.165) is 11.3 Å². The number of anilines is 1. The summed E-state index contributed by atoms with van der Waals surface area (Å²) in [6.45, 7) is 1.99. The first-order valence-electron chi connectivity index (χ1n) is 5.61. The van der Waals surface area contributed by atoms with Crippen molar-refractivity contribution in [2.24, 2.45) is 7.05 Å². The van der Waals surface area contributed by atoms with Crippen LogP contribution in [0.2, 0.25) is 0 Å². The molecule has 0 bridgehead atoms. The highest BCUT2D eigenvalue weighted by Gasteiger charge is 2.20. The van der Waals surface area contributed by atoms with E-state index >= 15 is 0 Å². The molecule has 1 heterocycles. The predicted octanol–water partition coefficient (Wildman–Crippen LogP) is 1.97. The van der Waals surface area contributed by atoms with Crippen molar-refractivity contribution in [3.63, 3.8) is 0 Å².